The van der Waals surface area contributed by atoms with Crippen molar-refractivity contribution in [3.63, 3.8) is 0 Å². The van der Waals surface area contributed by atoms with Crippen molar-refractivity contribution in [2.24, 2.45) is 11.7 Å². The first kappa shape index (κ1) is 16.3. The number of piperazine rings is 1. The van der Waals surface area contributed by atoms with Gasteiger partial charge < -0.3 is 10.6 Å². The van der Waals surface area contributed by atoms with Crippen molar-refractivity contribution in [3.8, 4) is 0 Å². The van der Waals surface area contributed by atoms with Gasteiger partial charge in [-0.15, -0.1) is 0 Å². The molecule has 126 valence electrons. The van der Waals surface area contributed by atoms with Crippen LogP contribution < -0.4 is 5.73 Å². The maximum atomic E-state index is 12.6. The lowest BCUT2D eigenvalue weighted by molar-refractivity contribution is -0.135. The van der Waals surface area contributed by atoms with E-state index < -0.39 is 0 Å². The van der Waals surface area contributed by atoms with Crippen LogP contribution in [-0.2, 0) is 4.79 Å². The summed E-state index contributed by atoms with van der Waals surface area (Å²) in [6, 6.07) is 0.522. The van der Waals surface area contributed by atoms with E-state index in [-0.39, 0.29) is 11.9 Å². The van der Waals surface area contributed by atoms with Gasteiger partial charge in [-0.2, -0.15) is 0 Å². The lowest BCUT2D eigenvalue weighted by Crippen LogP contribution is -2.55. The number of hydrogen-bond acceptors (Lipinski definition) is 3. The van der Waals surface area contributed by atoms with Gasteiger partial charge in [0, 0.05) is 32.2 Å². The summed E-state index contributed by atoms with van der Waals surface area (Å²) in [5.41, 5.74) is 6.23. The first-order valence-corrected chi connectivity index (χ1v) is 9.52. The van der Waals surface area contributed by atoms with Gasteiger partial charge in [-0.25, -0.2) is 0 Å². The Kier molecular flexibility index (Phi) is 5.75. The molecule has 0 aromatic heterocycles. The summed E-state index contributed by atoms with van der Waals surface area (Å²) in [5, 5.41) is 0. The van der Waals surface area contributed by atoms with E-state index in [4.69, 9.17) is 5.73 Å². The van der Waals surface area contributed by atoms with Crippen LogP contribution in [0.5, 0.6) is 0 Å². The van der Waals surface area contributed by atoms with E-state index >= 15 is 0 Å². The van der Waals surface area contributed by atoms with Crippen LogP contribution >= 0.6 is 0 Å². The number of nitrogens with zero attached hydrogens (tertiary/aromatic N) is 2. The zero-order chi connectivity index (χ0) is 15.4. The zero-order valence-corrected chi connectivity index (χ0v) is 14.0. The number of carbonyl (C=O) groups excluding carboxylic acids is 1. The number of nitrogens with two attached hydrogens (primary N) is 1. The first-order valence-electron chi connectivity index (χ1n) is 9.52. The number of hydrogen-bond donors (Lipinski definition) is 1. The highest BCUT2D eigenvalue weighted by atomic mass is 16.2. The van der Waals surface area contributed by atoms with Gasteiger partial charge in [0.2, 0.25) is 5.91 Å². The maximum Gasteiger partial charge on any atom is 0.239 e. The minimum absolute atomic E-state index is 0.205. The molecule has 2 saturated carbocycles. The molecule has 2 aliphatic carbocycles. The second-order valence-electron chi connectivity index (χ2n) is 7.65. The predicted molar refractivity (Wildman–Crippen MR) is 89.6 cm³/mol. The summed E-state index contributed by atoms with van der Waals surface area (Å²) in [6.07, 6.45) is 12.9. The van der Waals surface area contributed by atoms with Gasteiger partial charge in [-0.1, -0.05) is 44.9 Å². The van der Waals surface area contributed by atoms with Crippen molar-refractivity contribution < 1.29 is 4.79 Å². The van der Waals surface area contributed by atoms with Crippen LogP contribution in [0.15, 0.2) is 0 Å². The second kappa shape index (κ2) is 7.78. The summed E-state index contributed by atoms with van der Waals surface area (Å²) in [7, 11) is 0. The molecule has 1 aliphatic heterocycles. The van der Waals surface area contributed by atoms with Crippen molar-refractivity contribution in [3.05, 3.63) is 0 Å². The van der Waals surface area contributed by atoms with Crippen LogP contribution in [0.3, 0.4) is 0 Å². The molecule has 1 atom stereocenters. The summed E-state index contributed by atoms with van der Waals surface area (Å²) in [4.78, 5) is 17.2. The minimum atomic E-state index is -0.263. The Bertz CT molecular complexity index is 353. The molecule has 4 heteroatoms. The third-order valence-corrected chi connectivity index (χ3v) is 6.10. The van der Waals surface area contributed by atoms with Crippen molar-refractivity contribution in [2.45, 2.75) is 76.3 Å². The molecule has 2 N–H and O–H groups in total. The van der Waals surface area contributed by atoms with E-state index in [1.165, 1.54) is 57.8 Å². The van der Waals surface area contributed by atoms with E-state index in [2.05, 4.69) is 4.90 Å². The smallest absolute Gasteiger partial charge is 0.239 e. The summed E-state index contributed by atoms with van der Waals surface area (Å²) in [5.74, 6) is 0.893. The molecule has 4 nitrogen and oxygen atoms in total. The van der Waals surface area contributed by atoms with Crippen LogP contribution in [0.25, 0.3) is 0 Å². The highest BCUT2D eigenvalue weighted by molar-refractivity contribution is 5.81. The average molecular weight is 307 g/mol. The minimum Gasteiger partial charge on any atom is -0.339 e. The largest absolute Gasteiger partial charge is 0.339 e. The molecule has 0 aromatic rings. The lowest BCUT2D eigenvalue weighted by Gasteiger charge is -2.39. The molecule has 3 rings (SSSR count). The van der Waals surface area contributed by atoms with Gasteiger partial charge in [-0.05, 0) is 25.2 Å². The van der Waals surface area contributed by atoms with Crippen molar-refractivity contribution >= 4 is 5.91 Å². The molecular weight excluding hydrogens is 274 g/mol. The maximum absolute atomic E-state index is 12.6. The Hall–Kier alpha value is -0.610. The Morgan fingerprint density at radius 1 is 0.909 bits per heavy atom. The second-order valence-corrected chi connectivity index (χ2v) is 7.65. The van der Waals surface area contributed by atoms with E-state index in [1.807, 2.05) is 4.90 Å². The molecule has 0 aromatic carbocycles. The quantitative estimate of drug-likeness (QED) is 0.867. The Balaban J connectivity index is 1.42. The summed E-state index contributed by atoms with van der Waals surface area (Å²) in [6.45, 7) is 3.86. The zero-order valence-electron chi connectivity index (χ0n) is 14.0. The number of amides is 1. The van der Waals surface area contributed by atoms with Gasteiger partial charge in [0.15, 0.2) is 0 Å². The number of rotatable bonds is 4. The highest BCUT2D eigenvalue weighted by Crippen LogP contribution is 2.28. The normalized spacial score (nSPS) is 27.2. The van der Waals surface area contributed by atoms with Gasteiger partial charge >= 0.3 is 0 Å². The van der Waals surface area contributed by atoms with E-state index in [9.17, 15) is 4.79 Å². The van der Waals surface area contributed by atoms with Crippen molar-refractivity contribution in [1.29, 1.82) is 0 Å². The molecule has 0 bridgehead atoms. The Morgan fingerprint density at radius 2 is 1.50 bits per heavy atom. The third kappa shape index (κ3) is 4.02. The third-order valence-electron chi connectivity index (χ3n) is 6.10. The first-order chi connectivity index (χ1) is 10.7. The van der Waals surface area contributed by atoms with E-state index in [1.54, 1.807) is 0 Å². The molecule has 22 heavy (non-hydrogen) atoms. The van der Waals surface area contributed by atoms with Crippen LogP contribution in [0.4, 0.5) is 0 Å². The molecule has 0 spiro atoms. The van der Waals surface area contributed by atoms with Gasteiger partial charge in [0.25, 0.3) is 0 Å². The van der Waals surface area contributed by atoms with Crippen LogP contribution in [0.2, 0.25) is 0 Å². The molecule has 1 heterocycles. The van der Waals surface area contributed by atoms with Crippen LogP contribution in [0, 0.1) is 5.92 Å². The predicted octanol–water partition coefficient (Wildman–Crippen LogP) is 2.37. The molecule has 1 saturated heterocycles. The van der Waals surface area contributed by atoms with Crippen molar-refractivity contribution in [1.82, 2.24) is 9.80 Å². The molecule has 3 fully saturated rings. The van der Waals surface area contributed by atoms with Gasteiger partial charge in [0.05, 0.1) is 6.04 Å². The summed E-state index contributed by atoms with van der Waals surface area (Å²) < 4.78 is 0. The Morgan fingerprint density at radius 3 is 2.14 bits per heavy atom. The van der Waals surface area contributed by atoms with Gasteiger partial charge in [-0.3, -0.25) is 9.69 Å². The fraction of sp³-hybridized carbons (Fsp3) is 0.944. The summed E-state index contributed by atoms with van der Waals surface area (Å²) >= 11 is 0. The fourth-order valence-electron chi connectivity index (χ4n) is 4.69. The Labute approximate surface area is 135 Å². The SMILES string of the molecule is NC(CC1CCCCC1)C(=O)N1CCN(C2CCCC2)CC1. The average Bonchev–Trinajstić information content (AvgIpc) is 3.10. The molecule has 1 unspecified atom stereocenters. The van der Waals surface area contributed by atoms with Crippen LogP contribution in [-0.4, -0.2) is 54.0 Å². The topological polar surface area (TPSA) is 49.6 Å². The molecular formula is C18H33N3O. The lowest BCUT2D eigenvalue weighted by atomic mass is 9.84. The number of carbonyl (C=O) groups is 1. The monoisotopic (exact) mass is 307 g/mol. The standard InChI is InChI=1S/C18H33N3O/c19-17(14-15-6-2-1-3-7-15)18(22)21-12-10-20(11-13-21)16-8-4-5-9-16/h15-17H,1-14,19H2. The molecule has 3 aliphatic rings. The highest BCUT2D eigenvalue weighted by Gasteiger charge is 2.30. The van der Waals surface area contributed by atoms with Crippen LogP contribution in [0.1, 0.15) is 64.2 Å². The van der Waals surface area contributed by atoms with E-state index in [0.717, 1.165) is 38.6 Å². The molecule has 1 amide bonds. The van der Waals surface area contributed by atoms with Crippen molar-refractivity contribution in [2.75, 3.05) is 26.2 Å². The van der Waals surface area contributed by atoms with E-state index in [0.29, 0.717) is 5.92 Å². The fourth-order valence-corrected chi connectivity index (χ4v) is 4.69. The van der Waals surface area contributed by atoms with Gasteiger partial charge in [0.1, 0.15) is 0 Å². The molecule has 0 radical (unpaired) electrons.